The number of ether oxygens (including phenoxy) is 1. The van der Waals surface area contributed by atoms with Crippen LogP contribution in [0.5, 0.6) is 0 Å². The molecule has 0 amide bonds. The maximum Gasteiger partial charge on any atom is 0.131 e. The van der Waals surface area contributed by atoms with Gasteiger partial charge in [-0.15, -0.1) is 0 Å². The van der Waals surface area contributed by atoms with Gasteiger partial charge in [-0.1, -0.05) is 0 Å². The first-order chi connectivity index (χ1) is 9.22. The molecule has 1 heterocycles. The molecule has 0 spiro atoms. The molecule has 0 aromatic carbocycles. The molecule has 0 aliphatic heterocycles. The standard InChI is InChI=1S/C15H25N3O/c1-12-9-13(10-16-7-8-19-3)11-17-15(12)18(2)14-5-4-6-14/h9,11,14,16H,4-8,10H2,1-3H3. The number of methoxy groups -OCH3 is 1. The van der Waals surface area contributed by atoms with Crippen molar-refractivity contribution >= 4 is 5.82 Å². The second-order valence-corrected chi connectivity index (χ2v) is 5.35. The number of hydrogen-bond acceptors (Lipinski definition) is 4. The topological polar surface area (TPSA) is 37.4 Å². The normalized spacial score (nSPS) is 15.3. The summed E-state index contributed by atoms with van der Waals surface area (Å²) in [5, 5.41) is 3.35. The smallest absolute Gasteiger partial charge is 0.131 e. The van der Waals surface area contributed by atoms with Gasteiger partial charge < -0.3 is 15.0 Å². The summed E-state index contributed by atoms with van der Waals surface area (Å²) in [7, 11) is 3.88. The van der Waals surface area contributed by atoms with E-state index >= 15 is 0 Å². The van der Waals surface area contributed by atoms with Gasteiger partial charge in [-0.25, -0.2) is 4.98 Å². The molecule has 106 valence electrons. The molecule has 1 saturated carbocycles. The number of aromatic nitrogens is 1. The van der Waals surface area contributed by atoms with Crippen molar-refractivity contribution in [2.75, 3.05) is 32.2 Å². The molecule has 0 bridgehead atoms. The summed E-state index contributed by atoms with van der Waals surface area (Å²) in [6.07, 6.45) is 5.95. The van der Waals surface area contributed by atoms with Gasteiger partial charge in [-0.2, -0.15) is 0 Å². The van der Waals surface area contributed by atoms with E-state index in [0.29, 0.717) is 6.04 Å². The van der Waals surface area contributed by atoms with Gasteiger partial charge in [0.15, 0.2) is 0 Å². The minimum absolute atomic E-state index is 0.692. The lowest BCUT2D eigenvalue weighted by Gasteiger charge is -2.36. The fourth-order valence-electron chi connectivity index (χ4n) is 2.45. The van der Waals surface area contributed by atoms with Crippen LogP contribution in [0.2, 0.25) is 0 Å². The number of nitrogens with one attached hydrogen (secondary N) is 1. The van der Waals surface area contributed by atoms with Crippen molar-refractivity contribution in [3.8, 4) is 0 Å². The van der Waals surface area contributed by atoms with Crippen LogP contribution in [0.3, 0.4) is 0 Å². The molecule has 4 nitrogen and oxygen atoms in total. The second kappa shape index (κ2) is 6.87. The van der Waals surface area contributed by atoms with Crippen LogP contribution in [-0.2, 0) is 11.3 Å². The van der Waals surface area contributed by atoms with Crippen LogP contribution in [0.4, 0.5) is 5.82 Å². The molecule has 0 saturated heterocycles. The number of anilines is 1. The minimum atomic E-state index is 0.692. The van der Waals surface area contributed by atoms with Crippen LogP contribution in [0.1, 0.15) is 30.4 Å². The van der Waals surface area contributed by atoms with Gasteiger partial charge >= 0.3 is 0 Å². The molecule has 1 fully saturated rings. The van der Waals surface area contributed by atoms with E-state index in [1.54, 1.807) is 7.11 Å². The summed E-state index contributed by atoms with van der Waals surface area (Å²) in [6.45, 7) is 4.62. The Morgan fingerprint density at radius 2 is 2.26 bits per heavy atom. The molecule has 0 unspecified atom stereocenters. The zero-order valence-electron chi connectivity index (χ0n) is 12.3. The van der Waals surface area contributed by atoms with Gasteiger partial charge in [0.2, 0.25) is 0 Å². The summed E-state index contributed by atoms with van der Waals surface area (Å²) in [4.78, 5) is 6.97. The highest BCUT2D eigenvalue weighted by Crippen LogP contribution is 2.28. The lowest BCUT2D eigenvalue weighted by molar-refractivity contribution is 0.199. The number of rotatable bonds is 7. The Morgan fingerprint density at radius 1 is 1.47 bits per heavy atom. The van der Waals surface area contributed by atoms with Crippen molar-refractivity contribution in [3.63, 3.8) is 0 Å². The van der Waals surface area contributed by atoms with Gasteiger partial charge in [-0.3, -0.25) is 0 Å². The van der Waals surface area contributed by atoms with E-state index in [-0.39, 0.29) is 0 Å². The number of pyridine rings is 1. The van der Waals surface area contributed by atoms with Crippen molar-refractivity contribution < 1.29 is 4.74 Å². The van der Waals surface area contributed by atoms with Gasteiger partial charge in [0.1, 0.15) is 5.82 Å². The summed E-state index contributed by atoms with van der Waals surface area (Å²) in [5.41, 5.74) is 2.50. The van der Waals surface area contributed by atoms with E-state index in [1.165, 1.54) is 30.4 Å². The quantitative estimate of drug-likeness (QED) is 0.765. The molecule has 1 aliphatic rings. The van der Waals surface area contributed by atoms with Crippen LogP contribution in [0.15, 0.2) is 12.3 Å². The first kappa shape index (κ1) is 14.3. The largest absolute Gasteiger partial charge is 0.383 e. The Hall–Kier alpha value is -1.13. The van der Waals surface area contributed by atoms with Crippen LogP contribution >= 0.6 is 0 Å². The predicted molar refractivity (Wildman–Crippen MR) is 78.6 cm³/mol. The van der Waals surface area contributed by atoms with Crippen molar-refractivity contribution in [1.82, 2.24) is 10.3 Å². The summed E-state index contributed by atoms with van der Waals surface area (Å²) in [5.74, 6) is 1.13. The van der Waals surface area contributed by atoms with Crippen LogP contribution in [0, 0.1) is 6.92 Å². The third-order valence-electron chi connectivity index (χ3n) is 3.88. The molecule has 0 atom stereocenters. The van der Waals surface area contributed by atoms with Gasteiger partial charge in [0, 0.05) is 39.5 Å². The molecule has 1 aromatic heterocycles. The Balaban J connectivity index is 1.92. The molecule has 2 rings (SSSR count). The molecule has 1 aromatic rings. The van der Waals surface area contributed by atoms with Crippen LogP contribution in [0.25, 0.3) is 0 Å². The Kier molecular flexibility index (Phi) is 5.16. The minimum Gasteiger partial charge on any atom is -0.383 e. The van der Waals surface area contributed by atoms with E-state index in [1.807, 2.05) is 6.20 Å². The molecule has 4 heteroatoms. The molecule has 1 aliphatic carbocycles. The third-order valence-corrected chi connectivity index (χ3v) is 3.88. The first-order valence-corrected chi connectivity index (χ1v) is 7.10. The Labute approximate surface area is 116 Å². The van der Waals surface area contributed by atoms with E-state index < -0.39 is 0 Å². The monoisotopic (exact) mass is 263 g/mol. The highest BCUT2D eigenvalue weighted by Gasteiger charge is 2.23. The number of nitrogens with zero attached hydrogens (tertiary/aromatic N) is 2. The van der Waals surface area contributed by atoms with E-state index in [9.17, 15) is 0 Å². The highest BCUT2D eigenvalue weighted by molar-refractivity contribution is 5.48. The fourth-order valence-corrected chi connectivity index (χ4v) is 2.45. The van der Waals surface area contributed by atoms with Crippen LogP contribution < -0.4 is 10.2 Å². The van der Waals surface area contributed by atoms with Gasteiger partial charge in [-0.05, 0) is 43.4 Å². The SMILES string of the molecule is COCCNCc1cnc(N(C)C2CCC2)c(C)c1. The van der Waals surface area contributed by atoms with Crippen molar-refractivity contribution in [2.45, 2.75) is 38.8 Å². The third kappa shape index (κ3) is 3.67. The first-order valence-electron chi connectivity index (χ1n) is 7.10. The fraction of sp³-hybridized carbons (Fsp3) is 0.667. The zero-order valence-corrected chi connectivity index (χ0v) is 12.3. The lowest BCUT2D eigenvalue weighted by Crippen LogP contribution is -2.38. The highest BCUT2D eigenvalue weighted by atomic mass is 16.5. The average molecular weight is 263 g/mol. The summed E-state index contributed by atoms with van der Waals surface area (Å²) >= 11 is 0. The van der Waals surface area contributed by atoms with Gasteiger partial charge in [0.25, 0.3) is 0 Å². The van der Waals surface area contributed by atoms with E-state index in [0.717, 1.165) is 25.5 Å². The van der Waals surface area contributed by atoms with Crippen molar-refractivity contribution in [3.05, 3.63) is 23.4 Å². The average Bonchev–Trinajstić information content (AvgIpc) is 2.32. The second-order valence-electron chi connectivity index (χ2n) is 5.35. The van der Waals surface area contributed by atoms with E-state index in [4.69, 9.17) is 4.74 Å². The Bertz CT molecular complexity index is 404. The molecular formula is C15H25N3O. The maximum atomic E-state index is 5.01. The molecular weight excluding hydrogens is 238 g/mol. The summed E-state index contributed by atoms with van der Waals surface area (Å²) < 4.78 is 5.01. The molecule has 0 radical (unpaired) electrons. The van der Waals surface area contributed by atoms with Crippen molar-refractivity contribution in [2.24, 2.45) is 0 Å². The van der Waals surface area contributed by atoms with Crippen LogP contribution in [-0.4, -0.2) is 38.3 Å². The molecule has 19 heavy (non-hydrogen) atoms. The van der Waals surface area contributed by atoms with Crippen molar-refractivity contribution in [1.29, 1.82) is 0 Å². The Morgan fingerprint density at radius 3 is 2.84 bits per heavy atom. The van der Waals surface area contributed by atoms with Gasteiger partial charge in [0.05, 0.1) is 6.61 Å². The number of aryl methyl sites for hydroxylation is 1. The van der Waals surface area contributed by atoms with E-state index in [2.05, 4.69) is 35.2 Å². The number of hydrogen-bond donors (Lipinski definition) is 1. The zero-order chi connectivity index (χ0) is 13.7. The maximum absolute atomic E-state index is 5.01. The molecule has 1 N–H and O–H groups in total. The summed E-state index contributed by atoms with van der Waals surface area (Å²) in [6, 6.07) is 2.92. The lowest BCUT2D eigenvalue weighted by atomic mass is 9.91. The predicted octanol–water partition coefficient (Wildman–Crippen LogP) is 2.11.